The highest BCUT2D eigenvalue weighted by molar-refractivity contribution is 9.10. The Hall–Kier alpha value is -1.72. The van der Waals surface area contributed by atoms with E-state index in [2.05, 4.69) is 15.9 Å². The highest BCUT2D eigenvalue weighted by atomic mass is 79.9. The second kappa shape index (κ2) is 6.63. The number of hydrogen-bond donors (Lipinski definition) is 1. The summed E-state index contributed by atoms with van der Waals surface area (Å²) in [6, 6.07) is 11.6. The van der Waals surface area contributed by atoms with Crippen molar-refractivity contribution in [2.24, 2.45) is 0 Å². The number of rotatable bonds is 5. The molecule has 0 aliphatic carbocycles. The summed E-state index contributed by atoms with van der Waals surface area (Å²) < 4.78 is 19.7. The molecule has 0 spiro atoms. The summed E-state index contributed by atoms with van der Waals surface area (Å²) in [4.78, 5) is 10.8. The van der Waals surface area contributed by atoms with Gasteiger partial charge in [0.25, 0.3) is 0 Å². The van der Waals surface area contributed by atoms with E-state index in [0.29, 0.717) is 12.2 Å². The number of benzene rings is 2. The van der Waals surface area contributed by atoms with Crippen molar-refractivity contribution in [3.05, 3.63) is 69.4 Å². The zero-order valence-corrected chi connectivity index (χ0v) is 12.1. The number of carboxylic acid groups (broad SMARTS) is 1. The Balaban J connectivity index is 1.97. The fraction of sp³-hybridized carbons (Fsp3) is 0.133. The van der Waals surface area contributed by atoms with Crippen LogP contribution in [0.1, 0.15) is 21.5 Å². The molecule has 0 aliphatic heterocycles. The standard InChI is InChI=1S/C15H12BrFO3/c16-12-3-1-2-10(6-12)8-20-9-11-4-5-14(17)13(7-11)15(18)19/h1-7H,8-9H2,(H,18,19). The summed E-state index contributed by atoms with van der Waals surface area (Å²) >= 11 is 3.37. The van der Waals surface area contributed by atoms with Crippen molar-refractivity contribution in [3.8, 4) is 0 Å². The number of carbonyl (C=O) groups is 1. The summed E-state index contributed by atoms with van der Waals surface area (Å²) in [5.74, 6) is -2.02. The third kappa shape index (κ3) is 3.88. The molecule has 104 valence electrons. The maximum absolute atomic E-state index is 13.2. The molecule has 20 heavy (non-hydrogen) atoms. The molecule has 0 fully saturated rings. The lowest BCUT2D eigenvalue weighted by atomic mass is 10.1. The van der Waals surface area contributed by atoms with Gasteiger partial charge in [0, 0.05) is 4.47 Å². The van der Waals surface area contributed by atoms with Gasteiger partial charge in [-0.2, -0.15) is 0 Å². The third-order valence-corrected chi connectivity index (χ3v) is 3.18. The lowest BCUT2D eigenvalue weighted by molar-refractivity contribution is 0.0691. The van der Waals surface area contributed by atoms with E-state index in [9.17, 15) is 9.18 Å². The van der Waals surface area contributed by atoms with E-state index in [1.165, 1.54) is 12.1 Å². The van der Waals surface area contributed by atoms with Gasteiger partial charge in [0.2, 0.25) is 0 Å². The van der Waals surface area contributed by atoms with Gasteiger partial charge < -0.3 is 9.84 Å². The molecule has 0 bridgehead atoms. The van der Waals surface area contributed by atoms with Gasteiger partial charge in [-0.25, -0.2) is 9.18 Å². The second-order valence-electron chi connectivity index (χ2n) is 4.24. The third-order valence-electron chi connectivity index (χ3n) is 2.69. The van der Waals surface area contributed by atoms with Crippen molar-refractivity contribution in [3.63, 3.8) is 0 Å². The molecule has 0 heterocycles. The zero-order valence-electron chi connectivity index (χ0n) is 10.5. The van der Waals surface area contributed by atoms with Crippen LogP contribution in [0.2, 0.25) is 0 Å². The fourth-order valence-corrected chi connectivity index (χ4v) is 2.19. The fourth-order valence-electron chi connectivity index (χ4n) is 1.74. The van der Waals surface area contributed by atoms with Gasteiger partial charge in [0.15, 0.2) is 0 Å². The minimum absolute atomic E-state index is 0.229. The highest BCUT2D eigenvalue weighted by Gasteiger charge is 2.10. The van der Waals surface area contributed by atoms with Gasteiger partial charge >= 0.3 is 5.97 Å². The Morgan fingerprint density at radius 1 is 1.15 bits per heavy atom. The van der Waals surface area contributed by atoms with Gasteiger partial charge in [-0.1, -0.05) is 34.1 Å². The summed E-state index contributed by atoms with van der Waals surface area (Å²) in [6.45, 7) is 0.631. The van der Waals surface area contributed by atoms with Crippen LogP contribution >= 0.6 is 15.9 Å². The summed E-state index contributed by atoms with van der Waals surface area (Å²) in [5.41, 5.74) is 1.28. The zero-order chi connectivity index (χ0) is 14.5. The second-order valence-corrected chi connectivity index (χ2v) is 5.16. The molecule has 0 saturated carbocycles. The Bertz CT molecular complexity index is 628. The first-order chi connectivity index (χ1) is 9.56. The average molecular weight is 339 g/mol. The molecule has 2 aromatic carbocycles. The largest absolute Gasteiger partial charge is 0.478 e. The van der Waals surface area contributed by atoms with Gasteiger partial charge in [-0.05, 0) is 35.4 Å². The van der Waals surface area contributed by atoms with Crippen LogP contribution < -0.4 is 0 Å². The van der Waals surface area contributed by atoms with E-state index in [1.807, 2.05) is 24.3 Å². The van der Waals surface area contributed by atoms with Crippen molar-refractivity contribution < 1.29 is 19.0 Å². The minimum Gasteiger partial charge on any atom is -0.478 e. The van der Waals surface area contributed by atoms with Crippen LogP contribution in [0, 0.1) is 5.82 Å². The molecule has 5 heteroatoms. The van der Waals surface area contributed by atoms with Crippen molar-refractivity contribution in [2.75, 3.05) is 0 Å². The first-order valence-corrected chi connectivity index (χ1v) is 6.69. The van der Waals surface area contributed by atoms with E-state index in [4.69, 9.17) is 9.84 Å². The lowest BCUT2D eigenvalue weighted by Crippen LogP contribution is -2.02. The number of halogens is 2. The number of hydrogen-bond acceptors (Lipinski definition) is 2. The average Bonchev–Trinajstić information content (AvgIpc) is 2.40. The molecule has 0 amide bonds. The van der Waals surface area contributed by atoms with Gasteiger partial charge in [0.1, 0.15) is 5.82 Å². The van der Waals surface area contributed by atoms with Crippen molar-refractivity contribution in [2.45, 2.75) is 13.2 Å². The molecular formula is C15H12BrFO3. The molecule has 0 aliphatic rings. The van der Waals surface area contributed by atoms with E-state index >= 15 is 0 Å². The number of carboxylic acids is 1. The van der Waals surface area contributed by atoms with Crippen LogP contribution in [0.25, 0.3) is 0 Å². The molecule has 0 unspecified atom stereocenters. The van der Waals surface area contributed by atoms with E-state index < -0.39 is 11.8 Å². The molecule has 0 atom stereocenters. The van der Waals surface area contributed by atoms with Gasteiger partial charge in [-0.15, -0.1) is 0 Å². The van der Waals surface area contributed by atoms with E-state index in [0.717, 1.165) is 16.1 Å². The molecular weight excluding hydrogens is 327 g/mol. The molecule has 1 N–H and O–H groups in total. The van der Waals surface area contributed by atoms with Gasteiger partial charge in [-0.3, -0.25) is 0 Å². The van der Waals surface area contributed by atoms with E-state index in [-0.39, 0.29) is 12.2 Å². The summed E-state index contributed by atoms with van der Waals surface area (Å²) in [7, 11) is 0. The van der Waals surface area contributed by atoms with Gasteiger partial charge in [0.05, 0.1) is 18.8 Å². The van der Waals surface area contributed by atoms with E-state index in [1.54, 1.807) is 0 Å². The summed E-state index contributed by atoms with van der Waals surface area (Å²) in [5, 5.41) is 8.84. The minimum atomic E-state index is -1.28. The predicted molar refractivity (Wildman–Crippen MR) is 76.0 cm³/mol. The van der Waals surface area contributed by atoms with Crippen LogP contribution in [0.4, 0.5) is 4.39 Å². The molecule has 2 aromatic rings. The highest BCUT2D eigenvalue weighted by Crippen LogP contribution is 2.15. The molecule has 0 radical (unpaired) electrons. The Morgan fingerprint density at radius 3 is 2.50 bits per heavy atom. The van der Waals surface area contributed by atoms with Crippen LogP contribution in [-0.4, -0.2) is 11.1 Å². The molecule has 0 saturated heterocycles. The Morgan fingerprint density at radius 2 is 1.85 bits per heavy atom. The molecule has 3 nitrogen and oxygen atoms in total. The van der Waals surface area contributed by atoms with Crippen LogP contribution in [0.3, 0.4) is 0 Å². The topological polar surface area (TPSA) is 46.5 Å². The maximum atomic E-state index is 13.2. The molecule has 2 rings (SSSR count). The van der Waals surface area contributed by atoms with Crippen molar-refractivity contribution >= 4 is 21.9 Å². The lowest BCUT2D eigenvalue weighted by Gasteiger charge is -2.06. The van der Waals surface area contributed by atoms with Crippen molar-refractivity contribution in [1.29, 1.82) is 0 Å². The number of aromatic carboxylic acids is 1. The van der Waals surface area contributed by atoms with Crippen LogP contribution in [0.15, 0.2) is 46.9 Å². The first-order valence-electron chi connectivity index (χ1n) is 5.90. The summed E-state index contributed by atoms with van der Waals surface area (Å²) in [6.07, 6.45) is 0. The Kier molecular flexibility index (Phi) is 4.87. The number of ether oxygens (including phenoxy) is 1. The Labute approximate surface area is 124 Å². The molecule has 0 aromatic heterocycles. The predicted octanol–water partition coefficient (Wildman–Crippen LogP) is 4.00. The monoisotopic (exact) mass is 338 g/mol. The first kappa shape index (κ1) is 14.7. The maximum Gasteiger partial charge on any atom is 0.338 e. The smallest absolute Gasteiger partial charge is 0.338 e. The van der Waals surface area contributed by atoms with Crippen LogP contribution in [-0.2, 0) is 18.0 Å². The normalized spacial score (nSPS) is 10.5. The van der Waals surface area contributed by atoms with Crippen LogP contribution in [0.5, 0.6) is 0 Å². The SMILES string of the molecule is O=C(O)c1cc(COCc2cccc(Br)c2)ccc1F. The van der Waals surface area contributed by atoms with Crippen molar-refractivity contribution in [1.82, 2.24) is 0 Å². The quantitative estimate of drug-likeness (QED) is 0.896.